The molecule has 1 atom stereocenters. The Labute approximate surface area is 128 Å². The van der Waals surface area contributed by atoms with Gasteiger partial charge in [0.25, 0.3) is 0 Å². The first-order chi connectivity index (χ1) is 9.69. The number of nitrogens with one attached hydrogen (secondary N) is 1. The third-order valence-corrected chi connectivity index (χ3v) is 3.73. The Kier molecular flexibility index (Phi) is 6.29. The molecule has 1 saturated carbocycles. The minimum absolute atomic E-state index is 0.234. The van der Waals surface area contributed by atoms with Gasteiger partial charge in [0.05, 0.1) is 11.1 Å². The number of hydrogen-bond donors (Lipinski definition) is 2. The summed E-state index contributed by atoms with van der Waals surface area (Å²) in [7, 11) is 0. The highest BCUT2D eigenvalue weighted by Crippen LogP contribution is 2.27. The SMILES string of the molecule is CCOCC(O)COc1ccc(CNC2CC2)cc1Br. The fourth-order valence-corrected chi connectivity index (χ4v) is 2.35. The van der Waals surface area contributed by atoms with Crippen molar-refractivity contribution in [3.05, 3.63) is 28.2 Å². The zero-order valence-electron chi connectivity index (χ0n) is 11.8. The number of rotatable bonds is 9. The van der Waals surface area contributed by atoms with Gasteiger partial charge in [-0.3, -0.25) is 0 Å². The van der Waals surface area contributed by atoms with E-state index in [1.54, 1.807) is 0 Å². The Bertz CT molecular complexity index is 424. The van der Waals surface area contributed by atoms with Gasteiger partial charge < -0.3 is 19.9 Å². The second kappa shape index (κ2) is 7.98. The highest BCUT2D eigenvalue weighted by Gasteiger charge is 2.20. The Hall–Kier alpha value is -0.620. The number of halogens is 1. The van der Waals surface area contributed by atoms with Crippen LogP contribution < -0.4 is 10.1 Å². The van der Waals surface area contributed by atoms with Crippen LogP contribution in [0.4, 0.5) is 0 Å². The van der Waals surface area contributed by atoms with E-state index >= 15 is 0 Å². The van der Waals surface area contributed by atoms with Gasteiger partial charge in [-0.25, -0.2) is 0 Å². The van der Waals surface area contributed by atoms with Crippen LogP contribution in [0, 0.1) is 0 Å². The molecule has 1 unspecified atom stereocenters. The van der Waals surface area contributed by atoms with Crippen LogP contribution >= 0.6 is 15.9 Å². The second-order valence-corrected chi connectivity index (χ2v) is 5.90. The molecule has 112 valence electrons. The normalized spacial score (nSPS) is 16.1. The summed E-state index contributed by atoms with van der Waals surface area (Å²) in [4.78, 5) is 0. The maximum absolute atomic E-state index is 9.66. The number of aliphatic hydroxyl groups is 1. The lowest BCUT2D eigenvalue weighted by Crippen LogP contribution is -2.23. The van der Waals surface area contributed by atoms with Crippen LogP contribution in [0.1, 0.15) is 25.3 Å². The van der Waals surface area contributed by atoms with Crippen molar-refractivity contribution in [2.75, 3.05) is 19.8 Å². The molecule has 1 aliphatic rings. The highest BCUT2D eigenvalue weighted by molar-refractivity contribution is 9.10. The molecular weight excluding hydrogens is 322 g/mol. The fraction of sp³-hybridized carbons (Fsp3) is 0.600. The molecule has 2 N–H and O–H groups in total. The van der Waals surface area contributed by atoms with Crippen LogP contribution in [0.25, 0.3) is 0 Å². The average Bonchev–Trinajstić information content (AvgIpc) is 3.26. The van der Waals surface area contributed by atoms with E-state index in [9.17, 15) is 5.11 Å². The highest BCUT2D eigenvalue weighted by atomic mass is 79.9. The zero-order valence-corrected chi connectivity index (χ0v) is 13.4. The van der Waals surface area contributed by atoms with Crippen molar-refractivity contribution in [1.29, 1.82) is 0 Å². The van der Waals surface area contributed by atoms with Gasteiger partial charge in [0.1, 0.15) is 18.5 Å². The topological polar surface area (TPSA) is 50.7 Å². The van der Waals surface area contributed by atoms with Crippen molar-refractivity contribution in [2.24, 2.45) is 0 Å². The summed E-state index contributed by atoms with van der Waals surface area (Å²) in [5.74, 6) is 0.746. The van der Waals surface area contributed by atoms with Gasteiger partial charge >= 0.3 is 0 Å². The predicted molar refractivity (Wildman–Crippen MR) is 82.0 cm³/mol. The molecule has 5 heteroatoms. The van der Waals surface area contributed by atoms with Crippen molar-refractivity contribution in [3.8, 4) is 5.75 Å². The van der Waals surface area contributed by atoms with E-state index in [2.05, 4.69) is 27.3 Å². The second-order valence-electron chi connectivity index (χ2n) is 5.04. The first-order valence-corrected chi connectivity index (χ1v) is 7.88. The van der Waals surface area contributed by atoms with Gasteiger partial charge in [0.2, 0.25) is 0 Å². The Morgan fingerprint density at radius 1 is 1.40 bits per heavy atom. The van der Waals surface area contributed by atoms with E-state index in [-0.39, 0.29) is 6.61 Å². The molecule has 1 aliphatic carbocycles. The van der Waals surface area contributed by atoms with Crippen LogP contribution in [-0.2, 0) is 11.3 Å². The molecule has 1 aromatic carbocycles. The number of ether oxygens (including phenoxy) is 2. The summed E-state index contributed by atoms with van der Waals surface area (Å²) in [6, 6.07) is 6.74. The van der Waals surface area contributed by atoms with Crippen molar-refractivity contribution >= 4 is 15.9 Å². The average molecular weight is 344 g/mol. The smallest absolute Gasteiger partial charge is 0.133 e. The van der Waals surface area contributed by atoms with Gasteiger partial charge in [0.15, 0.2) is 0 Å². The third kappa shape index (κ3) is 5.40. The largest absolute Gasteiger partial charge is 0.490 e. The Morgan fingerprint density at radius 3 is 2.85 bits per heavy atom. The summed E-state index contributed by atoms with van der Waals surface area (Å²) in [6.07, 6.45) is 1.98. The van der Waals surface area contributed by atoms with E-state index in [1.807, 2.05) is 19.1 Å². The lowest BCUT2D eigenvalue weighted by atomic mass is 10.2. The quantitative estimate of drug-likeness (QED) is 0.723. The lowest BCUT2D eigenvalue weighted by molar-refractivity contribution is 0.0163. The summed E-state index contributed by atoms with van der Waals surface area (Å²) in [5.41, 5.74) is 1.23. The fourth-order valence-electron chi connectivity index (χ4n) is 1.81. The Balaban J connectivity index is 1.78. The molecule has 20 heavy (non-hydrogen) atoms. The van der Waals surface area contributed by atoms with Crippen molar-refractivity contribution in [1.82, 2.24) is 5.32 Å². The molecule has 2 rings (SSSR count). The maximum Gasteiger partial charge on any atom is 0.133 e. The molecule has 0 spiro atoms. The number of hydrogen-bond acceptors (Lipinski definition) is 4. The van der Waals surface area contributed by atoms with E-state index < -0.39 is 6.10 Å². The predicted octanol–water partition coefficient (Wildman–Crippen LogP) is 2.48. The van der Waals surface area contributed by atoms with Crippen LogP contribution in [0.3, 0.4) is 0 Å². The number of benzene rings is 1. The summed E-state index contributed by atoms with van der Waals surface area (Å²) in [6.45, 7) is 3.92. The van der Waals surface area contributed by atoms with Gasteiger partial charge in [0, 0.05) is 19.2 Å². The molecule has 0 aliphatic heterocycles. The number of aliphatic hydroxyl groups excluding tert-OH is 1. The van der Waals surface area contributed by atoms with Gasteiger partial charge in [-0.05, 0) is 53.4 Å². The van der Waals surface area contributed by atoms with Crippen molar-refractivity contribution in [2.45, 2.75) is 38.5 Å². The van der Waals surface area contributed by atoms with Crippen LogP contribution in [0.2, 0.25) is 0 Å². The van der Waals surface area contributed by atoms with E-state index in [4.69, 9.17) is 9.47 Å². The third-order valence-electron chi connectivity index (χ3n) is 3.11. The maximum atomic E-state index is 9.66. The van der Waals surface area contributed by atoms with Crippen LogP contribution in [0.5, 0.6) is 5.75 Å². The molecule has 1 fully saturated rings. The zero-order chi connectivity index (χ0) is 14.4. The molecule has 0 amide bonds. The van der Waals surface area contributed by atoms with Crippen LogP contribution in [-0.4, -0.2) is 37.1 Å². The summed E-state index contributed by atoms with van der Waals surface area (Å²) < 4.78 is 11.6. The van der Waals surface area contributed by atoms with E-state index in [0.717, 1.165) is 16.8 Å². The molecule has 0 aromatic heterocycles. The van der Waals surface area contributed by atoms with E-state index in [0.29, 0.717) is 19.3 Å². The van der Waals surface area contributed by atoms with Crippen molar-refractivity contribution < 1.29 is 14.6 Å². The molecule has 0 bridgehead atoms. The molecule has 1 aromatic rings. The molecule has 0 heterocycles. The molecule has 4 nitrogen and oxygen atoms in total. The van der Waals surface area contributed by atoms with Gasteiger partial charge in [-0.1, -0.05) is 6.07 Å². The van der Waals surface area contributed by atoms with Gasteiger partial charge in [-0.15, -0.1) is 0 Å². The lowest BCUT2D eigenvalue weighted by Gasteiger charge is -2.14. The molecule has 0 saturated heterocycles. The summed E-state index contributed by atoms with van der Waals surface area (Å²) in [5, 5.41) is 13.1. The minimum Gasteiger partial charge on any atom is -0.490 e. The molecule has 0 radical (unpaired) electrons. The van der Waals surface area contributed by atoms with Gasteiger partial charge in [-0.2, -0.15) is 0 Å². The molecular formula is C15H22BrNO3. The van der Waals surface area contributed by atoms with E-state index in [1.165, 1.54) is 18.4 Å². The first-order valence-electron chi connectivity index (χ1n) is 7.09. The van der Waals surface area contributed by atoms with Crippen molar-refractivity contribution in [3.63, 3.8) is 0 Å². The first kappa shape index (κ1) is 15.8. The summed E-state index contributed by atoms with van der Waals surface area (Å²) >= 11 is 3.51. The van der Waals surface area contributed by atoms with Crippen LogP contribution in [0.15, 0.2) is 22.7 Å². The Morgan fingerprint density at radius 2 is 2.20 bits per heavy atom. The monoisotopic (exact) mass is 343 g/mol. The minimum atomic E-state index is -0.599. The standard InChI is InChI=1S/C15H22BrNO3/c1-2-19-9-13(18)10-20-15-6-3-11(7-14(15)16)8-17-12-4-5-12/h3,6-7,12-13,17-18H,2,4-5,8-10H2,1H3.